The third-order valence-corrected chi connectivity index (χ3v) is 5.75. The van der Waals surface area contributed by atoms with E-state index < -0.39 is 15.8 Å². The summed E-state index contributed by atoms with van der Waals surface area (Å²) in [6.45, 7) is 6.43. The van der Waals surface area contributed by atoms with Crippen molar-refractivity contribution in [3.8, 4) is 0 Å². The third-order valence-electron chi connectivity index (χ3n) is 3.69. The number of amides is 2. The van der Waals surface area contributed by atoms with Crippen LogP contribution >= 0.6 is 0 Å². The van der Waals surface area contributed by atoms with Crippen LogP contribution in [0.2, 0.25) is 0 Å². The second-order valence-electron chi connectivity index (χ2n) is 5.91. The number of urea groups is 1. The van der Waals surface area contributed by atoms with Gasteiger partial charge in [0.05, 0.1) is 4.90 Å². The van der Waals surface area contributed by atoms with E-state index in [1.54, 1.807) is 11.8 Å². The molecule has 0 spiro atoms. The molecule has 0 radical (unpaired) electrons. The Balaban J connectivity index is 2.08. The van der Waals surface area contributed by atoms with Crippen LogP contribution in [-0.4, -0.2) is 55.9 Å². The standard InChI is InChI=1S/C15H22FN3O3S/c1-11(2)17-15(20)18-6-8-19(9-7-18)23(21,22)14-5-4-13(16)10-12(14)3/h4-5,10-11H,6-9H2,1-3H3,(H,17,20). The Labute approximate surface area is 136 Å². The number of benzene rings is 1. The van der Waals surface area contributed by atoms with Crippen LogP contribution in [0, 0.1) is 12.7 Å². The maximum atomic E-state index is 13.2. The first-order valence-corrected chi connectivity index (χ1v) is 8.97. The number of nitrogens with one attached hydrogen (secondary N) is 1. The van der Waals surface area contributed by atoms with Crippen molar-refractivity contribution in [2.75, 3.05) is 26.2 Å². The van der Waals surface area contributed by atoms with Crippen molar-refractivity contribution in [2.24, 2.45) is 0 Å². The van der Waals surface area contributed by atoms with Gasteiger partial charge in [0.15, 0.2) is 0 Å². The van der Waals surface area contributed by atoms with E-state index in [4.69, 9.17) is 0 Å². The third kappa shape index (κ3) is 4.00. The van der Waals surface area contributed by atoms with Crippen LogP contribution in [0.4, 0.5) is 9.18 Å². The molecule has 2 rings (SSSR count). The van der Waals surface area contributed by atoms with Crippen molar-refractivity contribution in [2.45, 2.75) is 31.7 Å². The van der Waals surface area contributed by atoms with Gasteiger partial charge < -0.3 is 10.2 Å². The lowest BCUT2D eigenvalue weighted by Crippen LogP contribution is -2.54. The number of rotatable bonds is 3. The molecule has 0 unspecified atom stereocenters. The van der Waals surface area contributed by atoms with E-state index >= 15 is 0 Å². The molecule has 1 N–H and O–H groups in total. The largest absolute Gasteiger partial charge is 0.336 e. The second kappa shape index (κ2) is 6.84. The van der Waals surface area contributed by atoms with Gasteiger partial charge in [0, 0.05) is 32.2 Å². The van der Waals surface area contributed by atoms with Crippen LogP contribution in [0.25, 0.3) is 0 Å². The van der Waals surface area contributed by atoms with Gasteiger partial charge in [-0.1, -0.05) is 0 Å². The Bertz CT molecular complexity index is 683. The molecule has 1 saturated heterocycles. The van der Waals surface area contributed by atoms with E-state index in [1.165, 1.54) is 16.4 Å². The van der Waals surface area contributed by atoms with Gasteiger partial charge in [0.2, 0.25) is 10.0 Å². The average molecular weight is 343 g/mol. The number of hydrogen-bond acceptors (Lipinski definition) is 3. The minimum Gasteiger partial charge on any atom is -0.336 e. The van der Waals surface area contributed by atoms with Crippen LogP contribution in [0.1, 0.15) is 19.4 Å². The van der Waals surface area contributed by atoms with E-state index in [2.05, 4.69) is 5.32 Å². The van der Waals surface area contributed by atoms with Crippen molar-refractivity contribution in [1.82, 2.24) is 14.5 Å². The summed E-state index contributed by atoms with van der Waals surface area (Å²) in [7, 11) is -3.67. The molecule has 23 heavy (non-hydrogen) atoms. The molecule has 128 valence electrons. The van der Waals surface area contributed by atoms with Crippen LogP contribution < -0.4 is 5.32 Å². The Morgan fingerprint density at radius 2 is 1.83 bits per heavy atom. The molecule has 1 aromatic carbocycles. The highest BCUT2D eigenvalue weighted by Crippen LogP contribution is 2.22. The summed E-state index contributed by atoms with van der Waals surface area (Å²) in [6, 6.07) is 3.49. The molecule has 1 fully saturated rings. The zero-order valence-electron chi connectivity index (χ0n) is 13.5. The molecule has 0 aromatic heterocycles. The molecule has 0 atom stereocenters. The average Bonchev–Trinajstić information content (AvgIpc) is 2.46. The molecule has 2 amide bonds. The minimum atomic E-state index is -3.67. The maximum absolute atomic E-state index is 13.2. The van der Waals surface area contributed by atoms with Gasteiger partial charge in [-0.15, -0.1) is 0 Å². The SMILES string of the molecule is Cc1cc(F)ccc1S(=O)(=O)N1CCN(C(=O)NC(C)C)CC1. The lowest BCUT2D eigenvalue weighted by molar-refractivity contribution is 0.170. The maximum Gasteiger partial charge on any atom is 0.317 e. The predicted molar refractivity (Wildman–Crippen MR) is 85.1 cm³/mol. The van der Waals surface area contributed by atoms with Crippen LogP contribution in [0.5, 0.6) is 0 Å². The van der Waals surface area contributed by atoms with E-state index in [0.29, 0.717) is 18.7 Å². The number of piperazine rings is 1. The number of aryl methyl sites for hydroxylation is 1. The second-order valence-corrected chi connectivity index (χ2v) is 7.81. The number of nitrogens with zero attached hydrogens (tertiary/aromatic N) is 2. The van der Waals surface area contributed by atoms with Crippen LogP contribution in [0.15, 0.2) is 23.1 Å². The monoisotopic (exact) mass is 343 g/mol. The smallest absolute Gasteiger partial charge is 0.317 e. The predicted octanol–water partition coefficient (Wildman–Crippen LogP) is 1.56. The van der Waals surface area contributed by atoms with Gasteiger partial charge in [0.1, 0.15) is 5.82 Å². The topological polar surface area (TPSA) is 69.7 Å². The molecule has 1 aliphatic heterocycles. The summed E-state index contributed by atoms with van der Waals surface area (Å²) in [5.41, 5.74) is 0.380. The first kappa shape index (κ1) is 17.7. The summed E-state index contributed by atoms with van der Waals surface area (Å²) in [5.74, 6) is -0.461. The van der Waals surface area contributed by atoms with Crippen molar-refractivity contribution >= 4 is 16.1 Å². The fraction of sp³-hybridized carbons (Fsp3) is 0.533. The molecule has 0 saturated carbocycles. The number of carbonyl (C=O) groups is 1. The van der Waals surface area contributed by atoms with E-state index in [-0.39, 0.29) is 30.1 Å². The van der Waals surface area contributed by atoms with Gasteiger partial charge in [0.25, 0.3) is 0 Å². The number of hydrogen-bond donors (Lipinski definition) is 1. The summed E-state index contributed by atoms with van der Waals surface area (Å²) in [4.78, 5) is 13.6. The molecule has 0 aliphatic carbocycles. The van der Waals surface area contributed by atoms with E-state index in [9.17, 15) is 17.6 Å². The molecular weight excluding hydrogens is 321 g/mol. The molecular formula is C15H22FN3O3S. The van der Waals surface area contributed by atoms with Gasteiger partial charge in [-0.25, -0.2) is 17.6 Å². The highest BCUT2D eigenvalue weighted by molar-refractivity contribution is 7.89. The number of carbonyl (C=O) groups excluding carboxylic acids is 1. The molecule has 8 heteroatoms. The van der Waals surface area contributed by atoms with Gasteiger partial charge in [-0.05, 0) is 44.5 Å². The van der Waals surface area contributed by atoms with Crippen molar-refractivity contribution in [3.05, 3.63) is 29.6 Å². The quantitative estimate of drug-likeness (QED) is 0.905. The van der Waals surface area contributed by atoms with Gasteiger partial charge in [-0.2, -0.15) is 4.31 Å². The summed E-state index contributed by atoms with van der Waals surface area (Å²) in [5, 5.41) is 2.79. The summed E-state index contributed by atoms with van der Waals surface area (Å²) in [6.07, 6.45) is 0. The summed E-state index contributed by atoms with van der Waals surface area (Å²) < 4.78 is 39.8. The highest BCUT2D eigenvalue weighted by Gasteiger charge is 2.31. The number of halogens is 1. The fourth-order valence-corrected chi connectivity index (χ4v) is 4.14. The lowest BCUT2D eigenvalue weighted by atomic mass is 10.2. The molecule has 6 nitrogen and oxygen atoms in total. The molecule has 1 aromatic rings. The molecule has 1 heterocycles. The van der Waals surface area contributed by atoms with Crippen molar-refractivity contribution < 1.29 is 17.6 Å². The van der Waals surface area contributed by atoms with E-state index in [0.717, 1.165) is 6.07 Å². The lowest BCUT2D eigenvalue weighted by Gasteiger charge is -2.34. The highest BCUT2D eigenvalue weighted by atomic mass is 32.2. The van der Waals surface area contributed by atoms with Gasteiger partial charge in [-0.3, -0.25) is 0 Å². The minimum absolute atomic E-state index is 0.0335. The molecule has 1 aliphatic rings. The van der Waals surface area contributed by atoms with Crippen molar-refractivity contribution in [3.63, 3.8) is 0 Å². The van der Waals surface area contributed by atoms with E-state index in [1.807, 2.05) is 13.8 Å². The first-order valence-electron chi connectivity index (χ1n) is 7.53. The Morgan fingerprint density at radius 3 is 2.35 bits per heavy atom. The normalized spacial score (nSPS) is 16.7. The van der Waals surface area contributed by atoms with Gasteiger partial charge >= 0.3 is 6.03 Å². The Kier molecular flexibility index (Phi) is 5.26. The first-order chi connectivity index (χ1) is 10.7. The fourth-order valence-electron chi connectivity index (χ4n) is 2.51. The zero-order chi connectivity index (χ0) is 17.2. The van der Waals surface area contributed by atoms with Crippen LogP contribution in [0.3, 0.4) is 0 Å². The Morgan fingerprint density at radius 1 is 1.22 bits per heavy atom. The van der Waals surface area contributed by atoms with Crippen molar-refractivity contribution in [1.29, 1.82) is 0 Å². The zero-order valence-corrected chi connectivity index (χ0v) is 14.4. The molecule has 0 bridgehead atoms. The van der Waals surface area contributed by atoms with Crippen LogP contribution in [-0.2, 0) is 10.0 Å². The Hall–Kier alpha value is -1.67. The number of sulfonamides is 1. The summed E-state index contributed by atoms with van der Waals surface area (Å²) >= 11 is 0.